The number of nitrogens with one attached hydrogen (secondary N) is 1. The zero-order valence-electron chi connectivity index (χ0n) is 30.6. The van der Waals surface area contributed by atoms with E-state index < -0.39 is 36.0 Å². The number of rotatable bonds is 15. The summed E-state index contributed by atoms with van der Waals surface area (Å²) in [6.07, 6.45) is 0.364. The van der Waals surface area contributed by atoms with Crippen molar-refractivity contribution >= 4 is 29.4 Å². The minimum Gasteiger partial charge on any atom is -0.493 e. The number of anilines is 1. The number of piperazine rings is 1. The SMILES string of the molecule is CCOC(=O)CC1[C@@H]2[C@@H](NC(=O)c3ccc(OC)c(OC)c3)c3cc(OCCCO)ccc3N2C(=O)[C@H](Cc2ccccc2)N1C(=O)Cc1ccccc1. The van der Waals surface area contributed by atoms with E-state index in [4.69, 9.17) is 18.9 Å². The molecule has 4 aromatic carbocycles. The Kier molecular flexibility index (Phi) is 12.1. The molecule has 0 bridgehead atoms. The third-order valence-corrected chi connectivity index (χ3v) is 9.79. The molecule has 6 rings (SSSR count). The van der Waals surface area contributed by atoms with Crippen LogP contribution in [0.5, 0.6) is 17.2 Å². The summed E-state index contributed by atoms with van der Waals surface area (Å²) >= 11 is 0. The third kappa shape index (κ3) is 8.03. The largest absolute Gasteiger partial charge is 0.493 e. The normalized spacial score (nSPS) is 18.7. The first-order valence-electron chi connectivity index (χ1n) is 18.1. The van der Waals surface area contributed by atoms with Crippen molar-refractivity contribution in [1.29, 1.82) is 0 Å². The Labute approximate surface area is 314 Å². The molecule has 4 aromatic rings. The molecule has 1 unspecified atom stereocenters. The van der Waals surface area contributed by atoms with Gasteiger partial charge in [0.05, 0.1) is 58.4 Å². The summed E-state index contributed by atoms with van der Waals surface area (Å²) in [4.78, 5) is 60.6. The van der Waals surface area contributed by atoms with Crippen molar-refractivity contribution in [1.82, 2.24) is 10.2 Å². The Morgan fingerprint density at radius 1 is 0.852 bits per heavy atom. The maximum absolute atomic E-state index is 15.1. The van der Waals surface area contributed by atoms with Crippen LogP contribution in [-0.4, -0.2) is 85.9 Å². The molecule has 12 nitrogen and oxygen atoms in total. The lowest BCUT2D eigenvalue weighted by Gasteiger charge is -2.50. The summed E-state index contributed by atoms with van der Waals surface area (Å²) in [7, 11) is 2.98. The lowest BCUT2D eigenvalue weighted by Crippen LogP contribution is -2.70. The fourth-order valence-corrected chi connectivity index (χ4v) is 7.39. The van der Waals surface area contributed by atoms with Gasteiger partial charge in [0.25, 0.3) is 11.8 Å². The number of aliphatic hydroxyl groups excluding tert-OH is 1. The van der Waals surface area contributed by atoms with Crippen molar-refractivity contribution in [3.63, 3.8) is 0 Å². The van der Waals surface area contributed by atoms with Gasteiger partial charge in [-0.05, 0) is 54.4 Å². The highest BCUT2D eigenvalue weighted by atomic mass is 16.5. The molecule has 2 aliphatic heterocycles. The summed E-state index contributed by atoms with van der Waals surface area (Å²) in [5.41, 5.74) is 2.97. The summed E-state index contributed by atoms with van der Waals surface area (Å²) in [6, 6.07) is 25.0. The number of aliphatic hydroxyl groups is 1. The van der Waals surface area contributed by atoms with Crippen molar-refractivity contribution < 1.29 is 43.2 Å². The second kappa shape index (κ2) is 17.3. The number of carbonyl (C=O) groups is 4. The predicted octanol–water partition coefficient (Wildman–Crippen LogP) is 4.67. The number of benzene rings is 4. The molecule has 0 spiro atoms. The van der Waals surface area contributed by atoms with Gasteiger partial charge in [0.1, 0.15) is 11.8 Å². The van der Waals surface area contributed by atoms with Gasteiger partial charge in [-0.3, -0.25) is 19.2 Å². The van der Waals surface area contributed by atoms with Crippen LogP contribution in [0.4, 0.5) is 5.69 Å². The second-order valence-corrected chi connectivity index (χ2v) is 13.1. The number of nitrogens with zero attached hydrogens (tertiary/aromatic N) is 2. The number of ether oxygens (including phenoxy) is 4. The maximum Gasteiger partial charge on any atom is 0.307 e. The first kappa shape index (κ1) is 37.9. The minimum atomic E-state index is -0.979. The highest BCUT2D eigenvalue weighted by Gasteiger charge is 2.57. The van der Waals surface area contributed by atoms with Crippen LogP contribution in [0, 0.1) is 0 Å². The van der Waals surface area contributed by atoms with Gasteiger partial charge < -0.3 is 39.2 Å². The minimum absolute atomic E-state index is 0.0100. The Balaban J connectivity index is 1.49. The number of methoxy groups -OCH3 is 2. The molecular weight excluding hydrogens is 690 g/mol. The van der Waals surface area contributed by atoms with E-state index in [0.717, 1.165) is 11.1 Å². The van der Waals surface area contributed by atoms with Crippen LogP contribution >= 0.6 is 0 Å². The van der Waals surface area contributed by atoms with E-state index in [1.54, 1.807) is 53.1 Å². The van der Waals surface area contributed by atoms with Gasteiger partial charge in [-0.15, -0.1) is 0 Å². The summed E-state index contributed by atoms with van der Waals surface area (Å²) in [6.45, 7) is 2.03. The Morgan fingerprint density at radius 3 is 2.22 bits per heavy atom. The van der Waals surface area contributed by atoms with Gasteiger partial charge in [0.2, 0.25) is 5.91 Å². The van der Waals surface area contributed by atoms with Gasteiger partial charge in [0, 0.05) is 36.3 Å². The number of esters is 1. The summed E-state index contributed by atoms with van der Waals surface area (Å²) < 4.78 is 22.3. The lowest BCUT2D eigenvalue weighted by atomic mass is 9.87. The van der Waals surface area contributed by atoms with E-state index in [-0.39, 0.29) is 56.5 Å². The van der Waals surface area contributed by atoms with Crippen molar-refractivity contribution in [2.75, 3.05) is 38.9 Å². The molecule has 282 valence electrons. The first-order chi connectivity index (χ1) is 26.3. The fourth-order valence-electron chi connectivity index (χ4n) is 7.39. The average Bonchev–Trinajstić information content (AvgIpc) is 3.50. The monoisotopic (exact) mass is 735 g/mol. The Hall–Kier alpha value is -5.88. The molecule has 0 saturated carbocycles. The highest BCUT2D eigenvalue weighted by Crippen LogP contribution is 2.48. The van der Waals surface area contributed by atoms with E-state index in [2.05, 4.69) is 5.32 Å². The van der Waals surface area contributed by atoms with Crippen LogP contribution < -0.4 is 24.4 Å². The van der Waals surface area contributed by atoms with Crippen molar-refractivity contribution in [3.05, 3.63) is 119 Å². The zero-order valence-corrected chi connectivity index (χ0v) is 30.6. The quantitative estimate of drug-likeness (QED) is 0.132. The maximum atomic E-state index is 15.1. The number of carbonyl (C=O) groups excluding carboxylic acids is 4. The summed E-state index contributed by atoms with van der Waals surface area (Å²) in [5.74, 6) is -0.424. The topological polar surface area (TPSA) is 144 Å². The zero-order chi connectivity index (χ0) is 38.2. The van der Waals surface area contributed by atoms with E-state index in [0.29, 0.717) is 34.9 Å². The van der Waals surface area contributed by atoms with E-state index in [1.807, 2.05) is 60.7 Å². The molecule has 2 N–H and O–H groups in total. The van der Waals surface area contributed by atoms with Crippen molar-refractivity contribution in [3.8, 4) is 17.2 Å². The molecule has 3 amide bonds. The fraction of sp³-hybridized carbons (Fsp3) is 0.333. The van der Waals surface area contributed by atoms with Crippen LogP contribution in [0.2, 0.25) is 0 Å². The molecular formula is C42H45N3O9. The molecule has 12 heteroatoms. The van der Waals surface area contributed by atoms with Crippen molar-refractivity contribution in [2.45, 2.75) is 56.8 Å². The first-order valence-corrected chi connectivity index (χ1v) is 18.1. The lowest BCUT2D eigenvalue weighted by molar-refractivity contribution is -0.152. The molecule has 2 heterocycles. The molecule has 2 aliphatic rings. The van der Waals surface area contributed by atoms with Crippen LogP contribution in [0.3, 0.4) is 0 Å². The highest BCUT2D eigenvalue weighted by molar-refractivity contribution is 6.05. The van der Waals surface area contributed by atoms with Crippen LogP contribution in [0.25, 0.3) is 0 Å². The van der Waals surface area contributed by atoms with Gasteiger partial charge in [-0.25, -0.2) is 0 Å². The number of hydrogen-bond donors (Lipinski definition) is 2. The molecule has 0 aromatic heterocycles. The van der Waals surface area contributed by atoms with Gasteiger partial charge in [0.15, 0.2) is 11.5 Å². The van der Waals surface area contributed by atoms with Gasteiger partial charge in [-0.2, -0.15) is 0 Å². The molecule has 1 fully saturated rings. The Bertz CT molecular complexity index is 1960. The molecule has 4 atom stereocenters. The van der Waals surface area contributed by atoms with Crippen molar-refractivity contribution in [2.24, 2.45) is 0 Å². The van der Waals surface area contributed by atoms with Crippen LogP contribution in [0.15, 0.2) is 97.1 Å². The molecule has 54 heavy (non-hydrogen) atoms. The standard InChI is InChI=1S/C42H45N3O9/c1-4-53-38(48)26-33-40-39(43-41(49)29-16-19-35(51-2)36(24-29)52-3)31-25-30(54-21-11-20-46)17-18-32(31)45(40)42(50)34(22-27-12-7-5-8-13-27)44(33)37(47)23-28-14-9-6-10-15-28/h5-10,12-19,24-25,33-34,39-40,46H,4,11,20-23,26H2,1-3H3,(H,43,49)/t33?,34-,39-,40+/m0/s1. The number of amides is 3. The van der Waals surface area contributed by atoms with E-state index in [9.17, 15) is 19.5 Å². The molecule has 0 aliphatic carbocycles. The molecule has 1 saturated heterocycles. The predicted molar refractivity (Wildman–Crippen MR) is 201 cm³/mol. The Morgan fingerprint density at radius 2 is 1.56 bits per heavy atom. The van der Waals surface area contributed by atoms with Gasteiger partial charge >= 0.3 is 5.97 Å². The second-order valence-electron chi connectivity index (χ2n) is 13.1. The van der Waals surface area contributed by atoms with E-state index >= 15 is 4.79 Å². The molecule has 0 radical (unpaired) electrons. The number of hydrogen-bond acceptors (Lipinski definition) is 9. The number of fused-ring (bicyclic) bond motifs is 3. The van der Waals surface area contributed by atoms with E-state index in [1.165, 1.54) is 14.2 Å². The van der Waals surface area contributed by atoms with Gasteiger partial charge in [-0.1, -0.05) is 60.7 Å². The third-order valence-electron chi connectivity index (χ3n) is 9.79. The smallest absolute Gasteiger partial charge is 0.307 e. The van der Waals surface area contributed by atoms with Crippen LogP contribution in [0.1, 0.15) is 52.9 Å². The average molecular weight is 736 g/mol. The van der Waals surface area contributed by atoms with Crippen LogP contribution in [-0.2, 0) is 32.0 Å². The summed E-state index contributed by atoms with van der Waals surface area (Å²) in [5, 5.41) is 12.5.